The van der Waals surface area contributed by atoms with Gasteiger partial charge in [-0.3, -0.25) is 4.79 Å². The number of aromatic carboxylic acids is 1. The number of nitrogens with zero attached hydrogens (tertiary/aromatic N) is 3. The third-order valence-corrected chi connectivity index (χ3v) is 3.64. The van der Waals surface area contributed by atoms with E-state index in [1.54, 1.807) is 12.1 Å². The largest absolute Gasteiger partial charge is 0.542 e. The number of carboxylic acids is 1. The van der Waals surface area contributed by atoms with E-state index in [4.69, 9.17) is 9.68 Å². The number of nitrogens with one attached hydrogen (secondary N) is 1. The van der Waals surface area contributed by atoms with Gasteiger partial charge >= 0.3 is 0 Å². The van der Waals surface area contributed by atoms with Gasteiger partial charge < -0.3 is 18.9 Å². The van der Waals surface area contributed by atoms with Crippen LogP contribution in [0.3, 0.4) is 0 Å². The summed E-state index contributed by atoms with van der Waals surface area (Å²) >= 11 is 0. The number of fused-ring (bicyclic) bond motifs is 1. The van der Waals surface area contributed by atoms with Gasteiger partial charge in [-0.2, -0.15) is 10.4 Å². The third kappa shape index (κ3) is 3.62. The van der Waals surface area contributed by atoms with Crippen LogP contribution in [0, 0.1) is 11.3 Å². The molecule has 0 saturated carbocycles. The molecule has 8 heteroatoms. The minimum absolute atomic E-state index is 0.224. The van der Waals surface area contributed by atoms with Crippen LogP contribution in [0.4, 0.5) is 0 Å². The number of hydrazone groups is 1. The SMILES string of the molecule is N#CCC(=O)N/N=C\c1cn(Cc2ccc(C(=O)[O-])o2)c2ccccc12. The lowest BCUT2D eigenvalue weighted by atomic mass is 10.2. The standard InChI is InChI=1S/C18H14N4O4/c19-8-7-17(23)21-20-9-12-10-22(15-4-2-1-3-14(12)15)11-13-5-6-16(26-13)18(24)25/h1-6,9-10H,7,11H2,(H,21,23)(H,24,25)/p-1/b20-9-. The molecular weight excluding hydrogens is 336 g/mol. The van der Waals surface area contributed by atoms with Gasteiger partial charge in [0.2, 0.25) is 0 Å². The van der Waals surface area contributed by atoms with E-state index in [-0.39, 0.29) is 12.2 Å². The summed E-state index contributed by atoms with van der Waals surface area (Å²) in [5.74, 6) is -1.61. The Balaban J connectivity index is 1.87. The molecule has 0 saturated heterocycles. The number of para-hydroxylation sites is 1. The Kier molecular flexibility index (Phi) is 4.80. The Bertz CT molecular complexity index is 1040. The van der Waals surface area contributed by atoms with E-state index in [1.807, 2.05) is 35.0 Å². The molecule has 0 fully saturated rings. The van der Waals surface area contributed by atoms with E-state index < -0.39 is 11.9 Å². The highest BCUT2D eigenvalue weighted by Gasteiger charge is 2.10. The molecule has 8 nitrogen and oxygen atoms in total. The van der Waals surface area contributed by atoms with Crippen molar-refractivity contribution in [2.75, 3.05) is 0 Å². The molecule has 0 unspecified atom stereocenters. The van der Waals surface area contributed by atoms with Crippen molar-refractivity contribution in [3.63, 3.8) is 0 Å². The second kappa shape index (κ2) is 7.36. The highest BCUT2D eigenvalue weighted by atomic mass is 16.4. The molecule has 0 atom stereocenters. The summed E-state index contributed by atoms with van der Waals surface area (Å²) in [6, 6.07) is 12.2. The van der Waals surface area contributed by atoms with Gasteiger partial charge in [-0.15, -0.1) is 0 Å². The molecule has 0 bridgehead atoms. The summed E-state index contributed by atoms with van der Waals surface area (Å²) in [5, 5.41) is 24.0. The van der Waals surface area contributed by atoms with Crippen molar-refractivity contribution >= 4 is 29.0 Å². The number of carboxylic acid groups (broad SMARTS) is 1. The van der Waals surface area contributed by atoms with Gasteiger partial charge in [-0.05, 0) is 18.2 Å². The van der Waals surface area contributed by atoms with Crippen molar-refractivity contribution < 1.29 is 19.1 Å². The van der Waals surface area contributed by atoms with Gasteiger partial charge in [0.15, 0.2) is 0 Å². The molecule has 26 heavy (non-hydrogen) atoms. The van der Waals surface area contributed by atoms with E-state index in [2.05, 4.69) is 10.5 Å². The minimum atomic E-state index is -1.37. The molecule has 1 amide bonds. The van der Waals surface area contributed by atoms with Crippen LogP contribution >= 0.6 is 0 Å². The van der Waals surface area contributed by atoms with Crippen LogP contribution < -0.4 is 10.5 Å². The molecule has 0 aliphatic rings. The van der Waals surface area contributed by atoms with Crippen molar-refractivity contribution in [2.45, 2.75) is 13.0 Å². The Morgan fingerprint density at radius 1 is 1.31 bits per heavy atom. The van der Waals surface area contributed by atoms with Crippen molar-refractivity contribution in [3.8, 4) is 6.07 Å². The number of carbonyl (C=O) groups excluding carboxylic acids is 2. The van der Waals surface area contributed by atoms with Crippen LogP contribution in [0.5, 0.6) is 0 Å². The molecule has 1 N–H and O–H groups in total. The topological polar surface area (TPSA) is 123 Å². The molecule has 1 aromatic carbocycles. The fourth-order valence-corrected chi connectivity index (χ4v) is 2.53. The molecule has 3 aromatic rings. The first-order chi connectivity index (χ1) is 12.6. The number of amides is 1. The van der Waals surface area contributed by atoms with Crippen LogP contribution in [-0.4, -0.2) is 22.7 Å². The third-order valence-electron chi connectivity index (χ3n) is 3.64. The first-order valence-electron chi connectivity index (χ1n) is 7.65. The number of rotatable bonds is 6. The number of nitriles is 1. The number of benzene rings is 1. The Hall–Kier alpha value is -3.86. The van der Waals surface area contributed by atoms with Gasteiger partial charge in [0.1, 0.15) is 23.9 Å². The Morgan fingerprint density at radius 3 is 2.85 bits per heavy atom. The average molecular weight is 349 g/mol. The smallest absolute Gasteiger partial charge is 0.254 e. The Labute approximate surface area is 147 Å². The van der Waals surface area contributed by atoms with Crippen LogP contribution in [0.25, 0.3) is 10.9 Å². The van der Waals surface area contributed by atoms with E-state index in [0.29, 0.717) is 12.3 Å². The summed E-state index contributed by atoms with van der Waals surface area (Å²) in [7, 11) is 0. The van der Waals surface area contributed by atoms with Crippen LogP contribution in [0.1, 0.15) is 28.3 Å². The van der Waals surface area contributed by atoms with Crippen molar-refractivity contribution in [2.24, 2.45) is 5.10 Å². The van der Waals surface area contributed by atoms with E-state index in [1.165, 1.54) is 12.3 Å². The van der Waals surface area contributed by atoms with E-state index in [0.717, 1.165) is 16.5 Å². The molecule has 0 spiro atoms. The van der Waals surface area contributed by atoms with Crippen LogP contribution in [0.15, 0.2) is 52.1 Å². The zero-order valence-corrected chi connectivity index (χ0v) is 13.5. The summed E-state index contributed by atoms with van der Waals surface area (Å²) in [4.78, 5) is 22.1. The van der Waals surface area contributed by atoms with E-state index in [9.17, 15) is 14.7 Å². The predicted molar refractivity (Wildman–Crippen MR) is 90.0 cm³/mol. The number of hydrogen-bond donors (Lipinski definition) is 1. The van der Waals surface area contributed by atoms with Gasteiger partial charge in [-0.1, -0.05) is 18.2 Å². The van der Waals surface area contributed by atoms with Gasteiger partial charge in [0.25, 0.3) is 5.91 Å². The molecule has 3 rings (SSSR count). The summed E-state index contributed by atoms with van der Waals surface area (Å²) < 4.78 is 7.12. The summed E-state index contributed by atoms with van der Waals surface area (Å²) in [6.07, 6.45) is 3.03. The molecule has 0 aliphatic carbocycles. The molecule has 0 radical (unpaired) electrons. The highest BCUT2D eigenvalue weighted by Crippen LogP contribution is 2.21. The van der Waals surface area contributed by atoms with Crippen LogP contribution in [0.2, 0.25) is 0 Å². The molecule has 130 valence electrons. The molecule has 0 aliphatic heterocycles. The second-order valence-electron chi connectivity index (χ2n) is 5.41. The van der Waals surface area contributed by atoms with Crippen molar-refractivity contribution in [1.82, 2.24) is 9.99 Å². The predicted octanol–water partition coefficient (Wildman–Crippen LogP) is 1.01. The second-order valence-corrected chi connectivity index (χ2v) is 5.41. The molecule has 2 aromatic heterocycles. The minimum Gasteiger partial charge on any atom is -0.542 e. The molecular formula is C18H13N4O4-. The molecule has 2 heterocycles. The lowest BCUT2D eigenvalue weighted by molar-refractivity contribution is -0.257. The van der Waals surface area contributed by atoms with Crippen molar-refractivity contribution in [3.05, 3.63) is 59.7 Å². The number of hydrogen-bond acceptors (Lipinski definition) is 6. The lowest BCUT2D eigenvalue weighted by Crippen LogP contribution is -2.21. The van der Waals surface area contributed by atoms with Crippen molar-refractivity contribution in [1.29, 1.82) is 5.26 Å². The summed E-state index contributed by atoms with van der Waals surface area (Å²) in [5.41, 5.74) is 3.93. The Morgan fingerprint density at radius 2 is 2.12 bits per heavy atom. The zero-order valence-electron chi connectivity index (χ0n) is 13.5. The van der Waals surface area contributed by atoms with Crippen LogP contribution in [-0.2, 0) is 11.3 Å². The maximum absolute atomic E-state index is 11.3. The fraction of sp³-hybridized carbons (Fsp3) is 0.111. The van der Waals surface area contributed by atoms with Gasteiger partial charge in [-0.25, -0.2) is 5.43 Å². The average Bonchev–Trinajstić information content (AvgIpc) is 3.22. The normalized spacial score (nSPS) is 10.9. The number of carbonyl (C=O) groups is 2. The maximum Gasteiger partial charge on any atom is 0.254 e. The fourth-order valence-electron chi connectivity index (χ4n) is 2.53. The lowest BCUT2D eigenvalue weighted by Gasteiger charge is -2.02. The number of furan rings is 1. The zero-order chi connectivity index (χ0) is 18.5. The monoisotopic (exact) mass is 349 g/mol. The number of aromatic nitrogens is 1. The van der Waals surface area contributed by atoms with Gasteiger partial charge in [0, 0.05) is 22.7 Å². The first-order valence-corrected chi connectivity index (χ1v) is 7.65. The van der Waals surface area contributed by atoms with Gasteiger partial charge in [0.05, 0.1) is 18.8 Å². The quantitative estimate of drug-likeness (QED) is 0.525. The highest BCUT2D eigenvalue weighted by molar-refractivity contribution is 5.99. The maximum atomic E-state index is 11.3. The summed E-state index contributed by atoms with van der Waals surface area (Å²) in [6.45, 7) is 0.322. The first kappa shape index (κ1) is 17.0. The van der Waals surface area contributed by atoms with E-state index >= 15 is 0 Å².